The molecule has 0 aromatic heterocycles. The molecule has 0 aromatic rings. The van der Waals surface area contributed by atoms with E-state index in [4.69, 9.17) is 9.47 Å². The van der Waals surface area contributed by atoms with E-state index < -0.39 is 5.54 Å². The van der Waals surface area contributed by atoms with Gasteiger partial charge in [0.25, 0.3) is 0 Å². The standard InChI is InChI=1S/C13H25NO3/c1-5-10(2)14-13(12(15)17-4)8-6-11(16-3)7-9-13/h10-11,14H,5-9H2,1-4H3. The number of ether oxygens (including phenoxy) is 2. The first-order valence-corrected chi connectivity index (χ1v) is 6.47. The molecule has 1 aliphatic carbocycles. The van der Waals surface area contributed by atoms with E-state index in [0.29, 0.717) is 6.04 Å². The van der Waals surface area contributed by atoms with Gasteiger partial charge in [-0.3, -0.25) is 10.1 Å². The van der Waals surface area contributed by atoms with Crippen molar-refractivity contribution in [2.45, 2.75) is 63.6 Å². The van der Waals surface area contributed by atoms with Gasteiger partial charge in [0.2, 0.25) is 0 Å². The first-order chi connectivity index (χ1) is 8.07. The lowest BCUT2D eigenvalue weighted by molar-refractivity contribution is -0.151. The molecule has 1 atom stereocenters. The van der Waals surface area contributed by atoms with Gasteiger partial charge in [-0.05, 0) is 39.0 Å². The molecule has 0 saturated heterocycles. The SMILES string of the molecule is CCC(C)NC1(C(=O)OC)CCC(OC)CC1. The fourth-order valence-electron chi connectivity index (χ4n) is 2.50. The Morgan fingerprint density at radius 1 is 1.41 bits per heavy atom. The largest absolute Gasteiger partial charge is 0.468 e. The van der Waals surface area contributed by atoms with Gasteiger partial charge in [0.1, 0.15) is 5.54 Å². The fraction of sp³-hybridized carbons (Fsp3) is 0.923. The molecule has 1 saturated carbocycles. The second-order valence-electron chi connectivity index (χ2n) is 4.96. The van der Waals surface area contributed by atoms with Crippen molar-refractivity contribution in [3.8, 4) is 0 Å². The molecule has 4 heteroatoms. The van der Waals surface area contributed by atoms with Gasteiger partial charge in [0.15, 0.2) is 0 Å². The number of nitrogens with one attached hydrogen (secondary N) is 1. The molecule has 1 rings (SSSR count). The van der Waals surface area contributed by atoms with Crippen molar-refractivity contribution in [3.05, 3.63) is 0 Å². The molecule has 0 amide bonds. The minimum Gasteiger partial charge on any atom is -0.468 e. The third kappa shape index (κ3) is 3.42. The van der Waals surface area contributed by atoms with E-state index in [1.165, 1.54) is 7.11 Å². The van der Waals surface area contributed by atoms with Crippen molar-refractivity contribution in [1.82, 2.24) is 5.32 Å². The summed E-state index contributed by atoms with van der Waals surface area (Å²) in [4.78, 5) is 12.0. The zero-order valence-corrected chi connectivity index (χ0v) is 11.4. The summed E-state index contributed by atoms with van der Waals surface area (Å²) < 4.78 is 10.3. The van der Waals surface area contributed by atoms with Crippen molar-refractivity contribution in [1.29, 1.82) is 0 Å². The Balaban J connectivity index is 2.71. The maximum Gasteiger partial charge on any atom is 0.326 e. The topological polar surface area (TPSA) is 47.6 Å². The Kier molecular flexibility index (Phi) is 5.40. The Morgan fingerprint density at radius 2 is 2.00 bits per heavy atom. The van der Waals surface area contributed by atoms with Crippen LogP contribution in [-0.2, 0) is 14.3 Å². The highest BCUT2D eigenvalue weighted by Crippen LogP contribution is 2.31. The van der Waals surface area contributed by atoms with Crippen molar-refractivity contribution in [2.75, 3.05) is 14.2 Å². The number of carbonyl (C=O) groups excluding carboxylic acids is 1. The van der Waals surface area contributed by atoms with Crippen molar-refractivity contribution in [2.24, 2.45) is 0 Å². The van der Waals surface area contributed by atoms with Crippen LogP contribution in [0.25, 0.3) is 0 Å². The molecule has 100 valence electrons. The van der Waals surface area contributed by atoms with Crippen LogP contribution in [0.1, 0.15) is 46.0 Å². The van der Waals surface area contributed by atoms with Crippen LogP contribution in [0, 0.1) is 0 Å². The molecular weight excluding hydrogens is 218 g/mol. The van der Waals surface area contributed by atoms with E-state index in [2.05, 4.69) is 19.2 Å². The molecule has 17 heavy (non-hydrogen) atoms. The number of esters is 1. The maximum absolute atomic E-state index is 12.0. The molecule has 4 nitrogen and oxygen atoms in total. The molecule has 0 radical (unpaired) electrons. The fourth-order valence-corrected chi connectivity index (χ4v) is 2.50. The molecule has 0 aromatic carbocycles. The predicted octanol–water partition coefficient (Wildman–Crippen LogP) is 1.88. The summed E-state index contributed by atoms with van der Waals surface area (Å²) in [5.41, 5.74) is -0.501. The van der Waals surface area contributed by atoms with Crippen LogP contribution in [0.5, 0.6) is 0 Å². The molecule has 1 unspecified atom stereocenters. The van der Waals surface area contributed by atoms with E-state index in [-0.39, 0.29) is 12.1 Å². The van der Waals surface area contributed by atoms with E-state index in [1.807, 2.05) is 0 Å². The zero-order chi connectivity index (χ0) is 12.9. The van der Waals surface area contributed by atoms with Gasteiger partial charge in [-0.1, -0.05) is 6.92 Å². The van der Waals surface area contributed by atoms with Crippen molar-refractivity contribution >= 4 is 5.97 Å². The average molecular weight is 243 g/mol. The van der Waals surface area contributed by atoms with Gasteiger partial charge in [0.05, 0.1) is 13.2 Å². The summed E-state index contributed by atoms with van der Waals surface area (Å²) in [5, 5.41) is 3.45. The van der Waals surface area contributed by atoms with Gasteiger partial charge >= 0.3 is 5.97 Å². The van der Waals surface area contributed by atoms with Crippen molar-refractivity contribution in [3.63, 3.8) is 0 Å². The van der Waals surface area contributed by atoms with E-state index in [0.717, 1.165) is 32.1 Å². The summed E-state index contributed by atoms with van der Waals surface area (Å²) in [5.74, 6) is -0.132. The lowest BCUT2D eigenvalue weighted by atomic mass is 9.79. The number of hydrogen-bond acceptors (Lipinski definition) is 4. The normalized spacial score (nSPS) is 30.9. The van der Waals surface area contributed by atoms with E-state index in [9.17, 15) is 4.79 Å². The molecule has 0 aliphatic heterocycles. The van der Waals surface area contributed by atoms with Crippen LogP contribution in [0.4, 0.5) is 0 Å². The van der Waals surface area contributed by atoms with Crippen molar-refractivity contribution < 1.29 is 14.3 Å². The van der Waals surface area contributed by atoms with E-state index >= 15 is 0 Å². The Hall–Kier alpha value is -0.610. The van der Waals surface area contributed by atoms with Gasteiger partial charge in [-0.15, -0.1) is 0 Å². The quantitative estimate of drug-likeness (QED) is 0.749. The highest BCUT2D eigenvalue weighted by atomic mass is 16.5. The van der Waals surface area contributed by atoms with E-state index in [1.54, 1.807) is 7.11 Å². The number of methoxy groups -OCH3 is 2. The van der Waals surface area contributed by atoms with Crippen LogP contribution < -0.4 is 5.32 Å². The summed E-state index contributed by atoms with van der Waals surface area (Å²) in [6, 6.07) is 0.327. The summed E-state index contributed by atoms with van der Waals surface area (Å²) >= 11 is 0. The van der Waals surface area contributed by atoms with Gasteiger partial charge < -0.3 is 9.47 Å². The lowest BCUT2D eigenvalue weighted by Gasteiger charge is -2.39. The van der Waals surface area contributed by atoms with Crippen LogP contribution in [0.2, 0.25) is 0 Å². The van der Waals surface area contributed by atoms with Crippen LogP contribution in [-0.4, -0.2) is 37.9 Å². The van der Waals surface area contributed by atoms with Crippen LogP contribution in [0.15, 0.2) is 0 Å². The number of carbonyl (C=O) groups is 1. The highest BCUT2D eigenvalue weighted by molar-refractivity contribution is 5.81. The second-order valence-corrected chi connectivity index (χ2v) is 4.96. The molecular formula is C13H25NO3. The summed E-state index contributed by atoms with van der Waals surface area (Å²) in [6.45, 7) is 4.22. The lowest BCUT2D eigenvalue weighted by Crippen LogP contribution is -2.58. The second kappa shape index (κ2) is 6.36. The Labute approximate surface area is 104 Å². The molecule has 0 bridgehead atoms. The number of rotatable bonds is 5. The molecule has 1 fully saturated rings. The van der Waals surface area contributed by atoms with Crippen LogP contribution >= 0.6 is 0 Å². The third-order valence-electron chi connectivity index (χ3n) is 3.83. The number of hydrogen-bond donors (Lipinski definition) is 1. The minimum atomic E-state index is -0.501. The molecule has 0 heterocycles. The van der Waals surface area contributed by atoms with Gasteiger partial charge in [-0.2, -0.15) is 0 Å². The Bertz CT molecular complexity index is 247. The highest BCUT2D eigenvalue weighted by Gasteiger charge is 2.43. The third-order valence-corrected chi connectivity index (χ3v) is 3.83. The first-order valence-electron chi connectivity index (χ1n) is 6.47. The monoisotopic (exact) mass is 243 g/mol. The summed E-state index contributed by atoms with van der Waals surface area (Å²) in [7, 11) is 3.20. The predicted molar refractivity (Wildman–Crippen MR) is 66.9 cm³/mol. The molecule has 0 spiro atoms. The van der Waals surface area contributed by atoms with Crippen LogP contribution in [0.3, 0.4) is 0 Å². The average Bonchev–Trinajstić information content (AvgIpc) is 2.38. The molecule has 1 aliphatic rings. The van der Waals surface area contributed by atoms with Gasteiger partial charge in [-0.25, -0.2) is 0 Å². The maximum atomic E-state index is 12.0. The molecule has 1 N–H and O–H groups in total. The zero-order valence-electron chi connectivity index (χ0n) is 11.4. The van der Waals surface area contributed by atoms with Gasteiger partial charge in [0, 0.05) is 13.2 Å². The minimum absolute atomic E-state index is 0.132. The smallest absolute Gasteiger partial charge is 0.326 e. The summed E-state index contributed by atoms with van der Waals surface area (Å²) in [6.07, 6.45) is 4.70. The first kappa shape index (κ1) is 14.5. The Morgan fingerprint density at radius 3 is 2.41 bits per heavy atom.